The molecule has 11 rings (SSSR count). The lowest BCUT2D eigenvalue weighted by molar-refractivity contribution is 0.618. The second kappa shape index (κ2) is 11.5. The average molecular weight is 712 g/mol. The van der Waals surface area contributed by atoms with E-state index in [1.807, 2.05) is 24.3 Å². The highest BCUT2D eigenvalue weighted by molar-refractivity contribution is 6.01. The van der Waals surface area contributed by atoms with Gasteiger partial charge in [0.25, 0.3) is 0 Å². The molecule has 1 spiro atoms. The molecule has 262 valence electrons. The topological polar surface area (TPSA) is 3.24 Å². The van der Waals surface area contributed by atoms with Crippen LogP contribution >= 0.6 is 0 Å². The summed E-state index contributed by atoms with van der Waals surface area (Å²) < 4.78 is 30.9. The Morgan fingerprint density at radius 2 is 0.909 bits per heavy atom. The lowest BCUT2D eigenvalue weighted by atomic mass is 9.70. The highest BCUT2D eigenvalue weighted by atomic mass is 19.1. The summed E-state index contributed by atoms with van der Waals surface area (Å²) in [6, 6.07) is 59.8. The maximum atomic E-state index is 15.4. The molecule has 0 bridgehead atoms. The summed E-state index contributed by atoms with van der Waals surface area (Å²) in [4.78, 5) is 2.37. The van der Waals surface area contributed by atoms with Crippen LogP contribution in [-0.4, -0.2) is 0 Å². The first-order valence-electron chi connectivity index (χ1n) is 18.9. The summed E-state index contributed by atoms with van der Waals surface area (Å²) in [5.74, 6) is -0.620. The van der Waals surface area contributed by atoms with Gasteiger partial charge in [0, 0.05) is 22.4 Å². The van der Waals surface area contributed by atoms with Crippen LogP contribution < -0.4 is 4.90 Å². The van der Waals surface area contributed by atoms with Crippen molar-refractivity contribution in [2.45, 2.75) is 24.7 Å². The predicted octanol–water partition coefficient (Wildman–Crippen LogP) is 13.8. The first kappa shape index (κ1) is 31.9. The van der Waals surface area contributed by atoms with Crippen molar-refractivity contribution in [2.24, 2.45) is 0 Å². The summed E-state index contributed by atoms with van der Waals surface area (Å²) in [6.07, 6.45) is 0. The third-order valence-corrected chi connectivity index (χ3v) is 12.4. The van der Waals surface area contributed by atoms with Gasteiger partial charge in [-0.1, -0.05) is 135 Å². The Labute approximate surface area is 319 Å². The number of hydrogen-bond donors (Lipinski definition) is 0. The van der Waals surface area contributed by atoms with E-state index in [1.54, 1.807) is 12.1 Å². The van der Waals surface area contributed by atoms with Crippen LogP contribution in [0.5, 0.6) is 0 Å². The Kier molecular flexibility index (Phi) is 6.65. The van der Waals surface area contributed by atoms with Crippen LogP contribution in [0.15, 0.2) is 176 Å². The van der Waals surface area contributed by atoms with Gasteiger partial charge < -0.3 is 4.90 Å². The smallest absolute Gasteiger partial charge is 0.123 e. The van der Waals surface area contributed by atoms with Crippen molar-refractivity contribution >= 4 is 17.1 Å². The zero-order valence-electron chi connectivity index (χ0n) is 30.4. The second-order valence-corrected chi connectivity index (χ2v) is 15.5. The number of hydrogen-bond acceptors (Lipinski definition) is 1. The minimum absolute atomic E-state index is 0.189. The zero-order valence-corrected chi connectivity index (χ0v) is 30.4. The number of rotatable bonds is 4. The lowest BCUT2D eigenvalue weighted by Crippen LogP contribution is -2.26. The fraction of sp³-hybridized carbons (Fsp3) is 0.0769. The van der Waals surface area contributed by atoms with E-state index < -0.39 is 5.41 Å². The van der Waals surface area contributed by atoms with Gasteiger partial charge in [0.2, 0.25) is 0 Å². The van der Waals surface area contributed by atoms with Crippen molar-refractivity contribution in [3.8, 4) is 44.5 Å². The number of fused-ring (bicyclic) bond motifs is 13. The number of benzene rings is 8. The van der Waals surface area contributed by atoms with Crippen molar-refractivity contribution in [3.63, 3.8) is 0 Å². The van der Waals surface area contributed by atoms with Gasteiger partial charge in [-0.15, -0.1) is 0 Å². The molecule has 0 N–H and O–H groups in total. The van der Waals surface area contributed by atoms with E-state index in [4.69, 9.17) is 0 Å². The van der Waals surface area contributed by atoms with Gasteiger partial charge in [-0.05, 0) is 127 Å². The standard InChI is InChI=1S/C52H35F2N/c1-51(2)43-15-8-6-13-38(43)39-28-25-37(31-46(39)51)55(36-23-19-33(20-24-36)32-11-4-3-5-12-32)49-18-10-17-45-50(49)42-14-7-9-16-44(42)52(45)47-29-34(53)21-26-40(47)41-27-22-35(54)30-48(41)52/h3-31H,1-2H3. The third-order valence-electron chi connectivity index (χ3n) is 12.4. The Balaban J connectivity index is 1.19. The molecule has 0 fully saturated rings. The minimum Gasteiger partial charge on any atom is -0.310 e. The quantitative estimate of drug-likeness (QED) is 0.176. The molecule has 0 amide bonds. The van der Waals surface area contributed by atoms with E-state index in [9.17, 15) is 0 Å². The van der Waals surface area contributed by atoms with Gasteiger partial charge in [0.1, 0.15) is 11.6 Å². The van der Waals surface area contributed by atoms with Crippen LogP contribution in [0.3, 0.4) is 0 Å². The first-order valence-corrected chi connectivity index (χ1v) is 18.9. The number of nitrogens with zero attached hydrogens (tertiary/aromatic N) is 1. The zero-order chi connectivity index (χ0) is 37.1. The van der Waals surface area contributed by atoms with Gasteiger partial charge in [-0.3, -0.25) is 0 Å². The Morgan fingerprint density at radius 3 is 1.62 bits per heavy atom. The molecule has 0 aliphatic heterocycles. The molecule has 55 heavy (non-hydrogen) atoms. The third kappa shape index (κ3) is 4.32. The largest absolute Gasteiger partial charge is 0.310 e. The summed E-state index contributed by atoms with van der Waals surface area (Å²) in [5.41, 5.74) is 17.1. The minimum atomic E-state index is -0.902. The van der Waals surface area contributed by atoms with Crippen molar-refractivity contribution in [2.75, 3.05) is 4.90 Å². The first-order chi connectivity index (χ1) is 26.9. The number of anilines is 3. The van der Waals surface area contributed by atoms with Gasteiger partial charge in [-0.2, -0.15) is 0 Å². The van der Waals surface area contributed by atoms with E-state index in [-0.39, 0.29) is 17.0 Å². The molecule has 0 atom stereocenters. The normalized spacial score (nSPS) is 14.5. The van der Waals surface area contributed by atoms with Crippen molar-refractivity contribution in [3.05, 3.63) is 221 Å². The van der Waals surface area contributed by atoms with Gasteiger partial charge in [-0.25, -0.2) is 8.78 Å². The Hall–Kier alpha value is -6.58. The van der Waals surface area contributed by atoms with Crippen molar-refractivity contribution in [1.82, 2.24) is 0 Å². The molecule has 8 aromatic carbocycles. The van der Waals surface area contributed by atoms with Crippen LogP contribution in [-0.2, 0) is 10.8 Å². The highest BCUT2D eigenvalue weighted by Crippen LogP contribution is 2.65. The SMILES string of the molecule is CC1(C)c2ccccc2-c2ccc(N(c3ccc(-c4ccccc4)cc3)c3cccc4c3-c3ccccc3C43c4cc(F)ccc4-c4ccc(F)cc43)cc21. The molecule has 0 unspecified atom stereocenters. The molecule has 0 heterocycles. The summed E-state index contributed by atoms with van der Waals surface area (Å²) in [7, 11) is 0. The van der Waals surface area contributed by atoms with E-state index in [1.165, 1.54) is 34.4 Å². The monoisotopic (exact) mass is 711 g/mol. The molecule has 3 aliphatic carbocycles. The molecule has 1 nitrogen and oxygen atoms in total. The fourth-order valence-electron chi connectivity index (χ4n) is 10.0. The van der Waals surface area contributed by atoms with E-state index in [0.29, 0.717) is 0 Å². The molecule has 3 heteroatoms. The van der Waals surface area contributed by atoms with Gasteiger partial charge >= 0.3 is 0 Å². The van der Waals surface area contributed by atoms with Crippen LogP contribution in [0, 0.1) is 11.6 Å². The summed E-state index contributed by atoms with van der Waals surface area (Å²) in [6.45, 7) is 4.63. The molecule has 0 aromatic heterocycles. The Morgan fingerprint density at radius 1 is 0.382 bits per heavy atom. The fourth-order valence-corrected chi connectivity index (χ4v) is 10.0. The van der Waals surface area contributed by atoms with Crippen LogP contribution in [0.1, 0.15) is 47.2 Å². The van der Waals surface area contributed by atoms with Gasteiger partial charge in [0.15, 0.2) is 0 Å². The van der Waals surface area contributed by atoms with Crippen LogP contribution in [0.2, 0.25) is 0 Å². The predicted molar refractivity (Wildman–Crippen MR) is 220 cm³/mol. The van der Waals surface area contributed by atoms with Gasteiger partial charge in [0.05, 0.1) is 11.1 Å². The molecular formula is C52H35F2N. The maximum Gasteiger partial charge on any atom is 0.123 e. The average Bonchev–Trinajstić information content (AvgIpc) is 3.77. The second-order valence-electron chi connectivity index (χ2n) is 15.5. The summed E-state index contributed by atoms with van der Waals surface area (Å²) in [5, 5.41) is 0. The molecule has 3 aliphatic rings. The summed E-state index contributed by atoms with van der Waals surface area (Å²) >= 11 is 0. The van der Waals surface area contributed by atoms with E-state index in [0.717, 1.165) is 72.7 Å². The van der Waals surface area contributed by atoms with E-state index in [2.05, 4.69) is 146 Å². The van der Waals surface area contributed by atoms with Crippen molar-refractivity contribution in [1.29, 1.82) is 0 Å². The molecule has 0 saturated heterocycles. The van der Waals surface area contributed by atoms with Crippen molar-refractivity contribution < 1.29 is 8.78 Å². The molecular weight excluding hydrogens is 677 g/mol. The Bertz CT molecular complexity index is 2820. The van der Waals surface area contributed by atoms with E-state index >= 15 is 8.78 Å². The lowest BCUT2D eigenvalue weighted by Gasteiger charge is -2.32. The maximum absolute atomic E-state index is 15.4. The molecule has 0 saturated carbocycles. The highest BCUT2D eigenvalue weighted by Gasteiger charge is 2.53. The number of halogens is 2. The van der Waals surface area contributed by atoms with Crippen LogP contribution in [0.4, 0.5) is 25.8 Å². The molecule has 8 aromatic rings. The van der Waals surface area contributed by atoms with Crippen LogP contribution in [0.25, 0.3) is 44.5 Å². The molecule has 0 radical (unpaired) electrons.